The second kappa shape index (κ2) is 12.2. The highest BCUT2D eigenvalue weighted by atomic mass is 16.3. The van der Waals surface area contributed by atoms with Gasteiger partial charge in [0.05, 0.1) is 22.4 Å². The Morgan fingerprint density at radius 1 is 0.296 bits per heavy atom. The molecule has 2 nitrogen and oxygen atoms in total. The van der Waals surface area contributed by atoms with Crippen LogP contribution in [0, 0.1) is 0 Å². The van der Waals surface area contributed by atoms with Gasteiger partial charge in [-0.3, -0.25) is 0 Å². The van der Waals surface area contributed by atoms with Crippen molar-refractivity contribution in [3.8, 4) is 22.3 Å². The maximum absolute atomic E-state index is 6.61. The molecule has 0 fully saturated rings. The van der Waals surface area contributed by atoms with Gasteiger partial charge in [-0.1, -0.05) is 146 Å². The largest absolute Gasteiger partial charge is 0.456 e. The zero-order chi connectivity index (χ0) is 35.6. The van der Waals surface area contributed by atoms with Gasteiger partial charge in [-0.25, -0.2) is 0 Å². The van der Waals surface area contributed by atoms with Crippen LogP contribution >= 0.6 is 0 Å². The van der Waals surface area contributed by atoms with Crippen molar-refractivity contribution in [2.24, 2.45) is 0 Å². The van der Waals surface area contributed by atoms with E-state index in [4.69, 9.17) is 4.42 Å². The molecule has 0 aliphatic carbocycles. The summed E-state index contributed by atoms with van der Waals surface area (Å²) in [4.78, 5) is 2.44. The van der Waals surface area contributed by atoms with E-state index in [1.165, 1.54) is 54.2 Å². The van der Waals surface area contributed by atoms with Crippen molar-refractivity contribution in [2.75, 3.05) is 4.90 Å². The molecule has 0 bridgehead atoms. The van der Waals surface area contributed by atoms with Crippen LogP contribution in [0.15, 0.2) is 205 Å². The number of fused-ring (bicyclic) bond motifs is 7. The molecule has 0 radical (unpaired) electrons. The van der Waals surface area contributed by atoms with Gasteiger partial charge in [0.15, 0.2) is 0 Å². The van der Waals surface area contributed by atoms with Crippen LogP contribution < -0.4 is 4.90 Å². The summed E-state index contributed by atoms with van der Waals surface area (Å²) in [6.07, 6.45) is 0. The topological polar surface area (TPSA) is 16.4 Å². The highest BCUT2D eigenvalue weighted by Crippen LogP contribution is 2.48. The molecular formula is C52H33NO. The molecule has 0 aliphatic heterocycles. The molecule has 1 heterocycles. The van der Waals surface area contributed by atoms with E-state index in [1.807, 2.05) is 0 Å². The molecule has 0 amide bonds. The summed E-state index contributed by atoms with van der Waals surface area (Å²) >= 11 is 0. The summed E-state index contributed by atoms with van der Waals surface area (Å²) in [6.45, 7) is 0. The molecule has 252 valence electrons. The van der Waals surface area contributed by atoms with Crippen molar-refractivity contribution < 1.29 is 4.42 Å². The van der Waals surface area contributed by atoms with Crippen molar-refractivity contribution in [2.45, 2.75) is 0 Å². The Balaban J connectivity index is 1.11. The molecule has 11 aromatic rings. The molecule has 0 saturated heterocycles. The van der Waals surface area contributed by atoms with Crippen LogP contribution in [0.25, 0.3) is 87.3 Å². The molecule has 0 spiro atoms. The Morgan fingerprint density at radius 2 is 0.815 bits per heavy atom. The fourth-order valence-corrected chi connectivity index (χ4v) is 8.35. The maximum atomic E-state index is 6.61. The van der Waals surface area contributed by atoms with Crippen molar-refractivity contribution in [1.29, 1.82) is 0 Å². The van der Waals surface area contributed by atoms with Crippen molar-refractivity contribution in [1.82, 2.24) is 0 Å². The first-order valence-corrected chi connectivity index (χ1v) is 18.5. The van der Waals surface area contributed by atoms with Crippen LogP contribution in [0.1, 0.15) is 0 Å². The number of nitrogens with zero attached hydrogens (tertiary/aromatic N) is 1. The number of anilines is 3. The van der Waals surface area contributed by atoms with Crippen LogP contribution in [0.5, 0.6) is 0 Å². The lowest BCUT2D eigenvalue weighted by Gasteiger charge is -2.29. The molecule has 0 atom stereocenters. The van der Waals surface area contributed by atoms with Gasteiger partial charge in [0.2, 0.25) is 0 Å². The van der Waals surface area contributed by atoms with Gasteiger partial charge < -0.3 is 9.32 Å². The quantitative estimate of drug-likeness (QED) is 0.179. The number of rotatable bonds is 5. The molecular weight excluding hydrogens is 655 g/mol. The summed E-state index contributed by atoms with van der Waals surface area (Å²) in [6, 6.07) is 72.4. The molecule has 11 rings (SSSR count). The fourth-order valence-electron chi connectivity index (χ4n) is 8.35. The fraction of sp³-hybridized carbons (Fsp3) is 0. The van der Waals surface area contributed by atoms with Crippen LogP contribution in [0.4, 0.5) is 17.1 Å². The molecule has 0 saturated carbocycles. The van der Waals surface area contributed by atoms with E-state index in [0.717, 1.165) is 50.1 Å². The van der Waals surface area contributed by atoms with Crippen LogP contribution in [-0.2, 0) is 0 Å². The SMILES string of the molecule is c1ccc(N(c2cccc3ccccc23)c2cccc3oc4cc5ccccc5cc4c23)c(-c2ccc3cc(-c4ccc5ccccc5c4)ccc3c2)c1. The second-order valence-electron chi connectivity index (χ2n) is 14.1. The van der Waals surface area contributed by atoms with Gasteiger partial charge >= 0.3 is 0 Å². The smallest absolute Gasteiger partial charge is 0.137 e. The Bertz CT molecular complexity index is 3240. The summed E-state index contributed by atoms with van der Waals surface area (Å²) in [7, 11) is 0. The van der Waals surface area contributed by atoms with Crippen molar-refractivity contribution in [3.63, 3.8) is 0 Å². The van der Waals surface area contributed by atoms with Gasteiger partial charge in [0.1, 0.15) is 11.2 Å². The first-order chi connectivity index (χ1) is 26.7. The summed E-state index contributed by atoms with van der Waals surface area (Å²) < 4.78 is 6.61. The number of hydrogen-bond acceptors (Lipinski definition) is 2. The molecule has 1 aromatic heterocycles. The minimum atomic E-state index is 0.869. The average molecular weight is 688 g/mol. The van der Waals surface area contributed by atoms with E-state index in [0.29, 0.717) is 0 Å². The summed E-state index contributed by atoms with van der Waals surface area (Å²) in [5.74, 6) is 0. The Kier molecular flexibility index (Phi) is 6.90. The van der Waals surface area contributed by atoms with E-state index in [1.54, 1.807) is 0 Å². The van der Waals surface area contributed by atoms with E-state index in [-0.39, 0.29) is 0 Å². The van der Waals surface area contributed by atoms with E-state index < -0.39 is 0 Å². The van der Waals surface area contributed by atoms with Gasteiger partial charge in [-0.05, 0) is 109 Å². The zero-order valence-corrected chi connectivity index (χ0v) is 29.4. The minimum Gasteiger partial charge on any atom is -0.456 e. The van der Waals surface area contributed by atoms with E-state index >= 15 is 0 Å². The van der Waals surface area contributed by atoms with E-state index in [9.17, 15) is 0 Å². The molecule has 10 aromatic carbocycles. The first-order valence-electron chi connectivity index (χ1n) is 18.5. The second-order valence-corrected chi connectivity index (χ2v) is 14.1. The third kappa shape index (κ3) is 4.96. The van der Waals surface area contributed by atoms with Crippen LogP contribution in [0.3, 0.4) is 0 Å². The highest BCUT2D eigenvalue weighted by molar-refractivity contribution is 6.17. The Morgan fingerprint density at radius 3 is 1.61 bits per heavy atom. The number of hydrogen-bond donors (Lipinski definition) is 0. The number of para-hydroxylation sites is 1. The van der Waals surface area contributed by atoms with Gasteiger partial charge in [0.25, 0.3) is 0 Å². The monoisotopic (exact) mass is 687 g/mol. The zero-order valence-electron chi connectivity index (χ0n) is 29.4. The molecule has 0 N–H and O–H groups in total. The van der Waals surface area contributed by atoms with Gasteiger partial charge in [-0.2, -0.15) is 0 Å². The van der Waals surface area contributed by atoms with Gasteiger partial charge in [-0.15, -0.1) is 0 Å². The summed E-state index contributed by atoms with van der Waals surface area (Å²) in [5.41, 5.74) is 9.81. The Hall–Kier alpha value is -7.16. The normalized spacial score (nSPS) is 11.7. The standard InChI is InChI=1S/C52H33NO/c1-2-13-36-29-39(24-23-34(36)11-1)40-25-26-42-31-43(28-27-41(42)30-40)45-18-7-8-19-47(45)53(48-20-9-16-35-12-5-6-17-44(35)48)49-21-10-22-50-52(49)46-32-37-14-3-4-15-38(37)33-51(46)54-50/h1-33H. The van der Waals surface area contributed by atoms with Gasteiger partial charge in [0, 0.05) is 16.3 Å². The molecule has 2 heteroatoms. The van der Waals surface area contributed by atoms with Crippen molar-refractivity contribution in [3.05, 3.63) is 200 Å². The summed E-state index contributed by atoms with van der Waals surface area (Å²) in [5, 5.41) is 11.9. The molecule has 0 unspecified atom stereocenters. The maximum Gasteiger partial charge on any atom is 0.137 e. The highest BCUT2D eigenvalue weighted by Gasteiger charge is 2.23. The number of benzene rings is 10. The lowest BCUT2D eigenvalue weighted by atomic mass is 9.95. The first kappa shape index (κ1) is 30.5. The number of furan rings is 1. The lowest BCUT2D eigenvalue weighted by molar-refractivity contribution is 0.669. The minimum absolute atomic E-state index is 0.869. The Labute approximate surface area is 312 Å². The molecule has 0 aliphatic rings. The molecule has 54 heavy (non-hydrogen) atoms. The van der Waals surface area contributed by atoms with E-state index in [2.05, 4.69) is 205 Å². The van der Waals surface area contributed by atoms with Crippen LogP contribution in [-0.4, -0.2) is 0 Å². The third-order valence-corrected chi connectivity index (χ3v) is 11.0. The predicted octanol–water partition coefficient (Wildman–Crippen LogP) is 15.0. The third-order valence-electron chi connectivity index (χ3n) is 11.0. The van der Waals surface area contributed by atoms with Crippen LogP contribution in [0.2, 0.25) is 0 Å². The average Bonchev–Trinajstić information content (AvgIpc) is 3.60. The predicted molar refractivity (Wildman–Crippen MR) is 229 cm³/mol. The lowest BCUT2D eigenvalue weighted by Crippen LogP contribution is -2.12. The van der Waals surface area contributed by atoms with Crippen molar-refractivity contribution >= 4 is 82.1 Å².